The molecule has 0 aliphatic carbocycles. The molecule has 0 radical (unpaired) electrons. The number of carbonyl (C=O) groups is 1. The SMILES string of the molecule is CCC(=O)C=Cc1nccs1. The molecule has 11 heavy (non-hydrogen) atoms. The molecule has 1 aromatic rings. The molecule has 58 valence electrons. The summed E-state index contributed by atoms with van der Waals surface area (Å²) < 4.78 is 0. The lowest BCUT2D eigenvalue weighted by Crippen LogP contribution is -1.86. The molecule has 0 N–H and O–H groups in total. The predicted octanol–water partition coefficient (Wildman–Crippen LogP) is 2.14. The van der Waals surface area contributed by atoms with E-state index in [-0.39, 0.29) is 5.78 Å². The van der Waals surface area contributed by atoms with Gasteiger partial charge in [-0.05, 0) is 12.2 Å². The lowest BCUT2D eigenvalue weighted by molar-refractivity contribution is -0.114. The van der Waals surface area contributed by atoms with E-state index in [1.54, 1.807) is 18.3 Å². The van der Waals surface area contributed by atoms with Crippen molar-refractivity contribution in [1.82, 2.24) is 4.98 Å². The second kappa shape index (κ2) is 4.03. The van der Waals surface area contributed by atoms with Gasteiger partial charge < -0.3 is 0 Å². The molecule has 0 amide bonds. The maximum absolute atomic E-state index is 10.8. The zero-order chi connectivity index (χ0) is 8.10. The number of carbonyl (C=O) groups excluding carboxylic acids is 1. The van der Waals surface area contributed by atoms with Crippen molar-refractivity contribution in [1.29, 1.82) is 0 Å². The third-order valence-corrected chi connectivity index (χ3v) is 1.95. The van der Waals surface area contributed by atoms with Gasteiger partial charge >= 0.3 is 0 Å². The summed E-state index contributed by atoms with van der Waals surface area (Å²) in [6, 6.07) is 0. The Morgan fingerprint density at radius 1 is 1.82 bits per heavy atom. The number of thiazole rings is 1. The minimum atomic E-state index is 0.139. The summed E-state index contributed by atoms with van der Waals surface area (Å²) in [5, 5.41) is 2.77. The maximum atomic E-state index is 10.8. The van der Waals surface area contributed by atoms with E-state index in [1.165, 1.54) is 11.3 Å². The van der Waals surface area contributed by atoms with Crippen LogP contribution in [0, 0.1) is 0 Å². The molecule has 1 heterocycles. The molecule has 0 spiro atoms. The highest BCUT2D eigenvalue weighted by atomic mass is 32.1. The third kappa shape index (κ3) is 2.63. The first-order valence-electron chi connectivity index (χ1n) is 3.43. The van der Waals surface area contributed by atoms with E-state index in [0.717, 1.165) is 5.01 Å². The van der Waals surface area contributed by atoms with Crippen LogP contribution in [0.4, 0.5) is 0 Å². The summed E-state index contributed by atoms with van der Waals surface area (Å²) in [6.45, 7) is 1.84. The molecule has 0 atom stereocenters. The average molecular weight is 167 g/mol. The maximum Gasteiger partial charge on any atom is 0.155 e. The minimum absolute atomic E-state index is 0.139. The van der Waals surface area contributed by atoms with Crippen LogP contribution in [0.3, 0.4) is 0 Å². The van der Waals surface area contributed by atoms with Gasteiger partial charge in [0.05, 0.1) is 0 Å². The Balaban J connectivity index is 2.55. The second-order valence-electron chi connectivity index (χ2n) is 2.02. The number of ketones is 1. The lowest BCUT2D eigenvalue weighted by Gasteiger charge is -1.82. The van der Waals surface area contributed by atoms with Crippen LogP contribution in [0.15, 0.2) is 17.7 Å². The Hall–Kier alpha value is -0.960. The zero-order valence-corrected chi connectivity index (χ0v) is 7.10. The van der Waals surface area contributed by atoms with Crippen LogP contribution < -0.4 is 0 Å². The highest BCUT2D eigenvalue weighted by Gasteiger charge is 1.91. The smallest absolute Gasteiger partial charge is 0.155 e. The van der Waals surface area contributed by atoms with Crippen LogP contribution in [0.2, 0.25) is 0 Å². The molecule has 0 fully saturated rings. The van der Waals surface area contributed by atoms with Crippen molar-refractivity contribution >= 4 is 23.2 Å². The van der Waals surface area contributed by atoms with Crippen molar-refractivity contribution in [2.24, 2.45) is 0 Å². The molecule has 0 bridgehead atoms. The first-order chi connectivity index (χ1) is 5.33. The average Bonchev–Trinajstić information content (AvgIpc) is 2.52. The Labute approximate surface area is 69.6 Å². The Kier molecular flexibility index (Phi) is 2.98. The first-order valence-corrected chi connectivity index (χ1v) is 4.31. The standard InChI is InChI=1S/C8H9NOS/c1-2-7(10)3-4-8-9-5-6-11-8/h3-6H,2H2,1H3. The van der Waals surface area contributed by atoms with Crippen LogP contribution >= 0.6 is 11.3 Å². The van der Waals surface area contributed by atoms with Gasteiger partial charge in [-0.1, -0.05) is 6.92 Å². The summed E-state index contributed by atoms with van der Waals surface area (Å²) >= 11 is 1.53. The minimum Gasteiger partial charge on any atom is -0.295 e. The summed E-state index contributed by atoms with van der Waals surface area (Å²) in [5.41, 5.74) is 0. The van der Waals surface area contributed by atoms with Gasteiger partial charge in [-0.25, -0.2) is 4.98 Å². The fraction of sp³-hybridized carbons (Fsp3) is 0.250. The van der Waals surface area contributed by atoms with Gasteiger partial charge in [0.2, 0.25) is 0 Å². The number of hydrogen-bond acceptors (Lipinski definition) is 3. The summed E-state index contributed by atoms with van der Waals surface area (Å²) in [5.74, 6) is 0.139. The molecule has 0 aromatic carbocycles. The van der Waals surface area contributed by atoms with E-state index in [2.05, 4.69) is 4.98 Å². The van der Waals surface area contributed by atoms with Crippen LogP contribution in [0.25, 0.3) is 6.08 Å². The first kappa shape index (κ1) is 8.14. The number of rotatable bonds is 3. The van der Waals surface area contributed by atoms with Crippen molar-refractivity contribution in [2.75, 3.05) is 0 Å². The fourth-order valence-electron chi connectivity index (χ4n) is 0.599. The lowest BCUT2D eigenvalue weighted by atomic mass is 10.3. The van der Waals surface area contributed by atoms with Gasteiger partial charge in [-0.15, -0.1) is 11.3 Å². The highest BCUT2D eigenvalue weighted by Crippen LogP contribution is 2.05. The summed E-state index contributed by atoms with van der Waals surface area (Å²) in [7, 11) is 0. The van der Waals surface area contributed by atoms with Crippen LogP contribution in [-0.2, 0) is 4.79 Å². The highest BCUT2D eigenvalue weighted by molar-refractivity contribution is 7.10. The van der Waals surface area contributed by atoms with Crippen molar-refractivity contribution < 1.29 is 4.79 Å². The number of nitrogens with zero attached hydrogens (tertiary/aromatic N) is 1. The van der Waals surface area contributed by atoms with E-state index in [4.69, 9.17) is 0 Å². The Morgan fingerprint density at radius 2 is 2.64 bits per heavy atom. The van der Waals surface area contributed by atoms with Gasteiger partial charge in [0.25, 0.3) is 0 Å². The molecular formula is C8H9NOS. The van der Waals surface area contributed by atoms with Gasteiger partial charge in [0, 0.05) is 18.0 Å². The van der Waals surface area contributed by atoms with Crippen LogP contribution in [-0.4, -0.2) is 10.8 Å². The normalized spacial score (nSPS) is 10.6. The predicted molar refractivity (Wildman–Crippen MR) is 46.4 cm³/mol. The summed E-state index contributed by atoms with van der Waals surface area (Å²) in [4.78, 5) is 14.8. The number of hydrogen-bond donors (Lipinski definition) is 0. The fourth-order valence-corrected chi connectivity index (χ4v) is 1.13. The summed E-state index contributed by atoms with van der Waals surface area (Å²) in [6.07, 6.45) is 5.60. The molecule has 1 aromatic heterocycles. The van der Waals surface area contributed by atoms with E-state index in [0.29, 0.717) is 6.42 Å². The van der Waals surface area contributed by atoms with E-state index in [9.17, 15) is 4.79 Å². The number of aromatic nitrogens is 1. The van der Waals surface area contributed by atoms with E-state index >= 15 is 0 Å². The molecule has 2 nitrogen and oxygen atoms in total. The van der Waals surface area contributed by atoms with Gasteiger partial charge in [0.15, 0.2) is 5.78 Å². The van der Waals surface area contributed by atoms with E-state index in [1.807, 2.05) is 12.3 Å². The third-order valence-electron chi connectivity index (χ3n) is 1.21. The van der Waals surface area contributed by atoms with Crippen LogP contribution in [0.1, 0.15) is 18.4 Å². The molecule has 3 heteroatoms. The van der Waals surface area contributed by atoms with Crippen molar-refractivity contribution in [3.8, 4) is 0 Å². The van der Waals surface area contributed by atoms with Crippen molar-refractivity contribution in [3.63, 3.8) is 0 Å². The van der Waals surface area contributed by atoms with Gasteiger partial charge in [-0.2, -0.15) is 0 Å². The van der Waals surface area contributed by atoms with E-state index < -0.39 is 0 Å². The van der Waals surface area contributed by atoms with Gasteiger partial charge in [-0.3, -0.25) is 4.79 Å². The zero-order valence-electron chi connectivity index (χ0n) is 6.28. The van der Waals surface area contributed by atoms with Crippen LogP contribution in [0.5, 0.6) is 0 Å². The Bertz CT molecular complexity index is 251. The topological polar surface area (TPSA) is 30.0 Å². The monoisotopic (exact) mass is 167 g/mol. The molecule has 1 rings (SSSR count). The molecule has 0 unspecified atom stereocenters. The van der Waals surface area contributed by atoms with Gasteiger partial charge in [0.1, 0.15) is 5.01 Å². The number of allylic oxidation sites excluding steroid dienone is 1. The largest absolute Gasteiger partial charge is 0.295 e. The Morgan fingerprint density at radius 3 is 3.18 bits per heavy atom. The molecular weight excluding hydrogens is 158 g/mol. The molecule has 0 saturated heterocycles. The quantitative estimate of drug-likeness (QED) is 0.645. The van der Waals surface area contributed by atoms with Crippen molar-refractivity contribution in [3.05, 3.63) is 22.7 Å². The molecule has 0 saturated carbocycles. The van der Waals surface area contributed by atoms with Crippen molar-refractivity contribution in [2.45, 2.75) is 13.3 Å². The molecule has 0 aliphatic heterocycles. The molecule has 0 aliphatic rings. The second-order valence-corrected chi connectivity index (χ2v) is 2.95.